The summed E-state index contributed by atoms with van der Waals surface area (Å²) in [6, 6.07) is 5.57. The fraction of sp³-hybridized carbons (Fsp3) is 0.632. The van der Waals surface area contributed by atoms with Crippen LogP contribution in [0.25, 0.3) is 0 Å². The molecule has 0 aliphatic carbocycles. The molecule has 1 fully saturated rings. The monoisotopic (exact) mass is 368 g/mol. The predicted molar refractivity (Wildman–Crippen MR) is 100 cm³/mol. The van der Waals surface area contributed by atoms with E-state index >= 15 is 0 Å². The predicted octanol–water partition coefficient (Wildman–Crippen LogP) is 2.98. The Morgan fingerprint density at radius 1 is 1.40 bits per heavy atom. The van der Waals surface area contributed by atoms with Gasteiger partial charge in [0, 0.05) is 26.2 Å². The highest BCUT2D eigenvalue weighted by Gasteiger charge is 2.27. The molecule has 0 aromatic heterocycles. The number of likely N-dealkylation sites (N-methyl/N-ethyl adjacent to an activating group) is 1. The van der Waals surface area contributed by atoms with Crippen molar-refractivity contribution in [1.82, 2.24) is 9.80 Å². The number of hydrogen-bond donors (Lipinski definition) is 0. The highest BCUT2D eigenvalue weighted by Crippen LogP contribution is 2.26. The van der Waals surface area contributed by atoms with Crippen LogP contribution in [0.5, 0.6) is 5.75 Å². The lowest BCUT2D eigenvalue weighted by Crippen LogP contribution is -2.46. The lowest BCUT2D eigenvalue weighted by atomic mass is 10.2. The highest BCUT2D eigenvalue weighted by molar-refractivity contribution is 6.32. The van der Waals surface area contributed by atoms with Gasteiger partial charge in [-0.3, -0.25) is 4.79 Å². The van der Waals surface area contributed by atoms with E-state index in [0.717, 1.165) is 31.6 Å². The average molecular weight is 369 g/mol. The zero-order chi connectivity index (χ0) is 18.4. The highest BCUT2D eigenvalue weighted by atomic mass is 35.5. The zero-order valence-corrected chi connectivity index (χ0v) is 16.4. The van der Waals surface area contributed by atoms with Crippen molar-refractivity contribution < 1.29 is 14.3 Å². The molecule has 0 spiro atoms. The van der Waals surface area contributed by atoms with Crippen molar-refractivity contribution >= 4 is 17.5 Å². The number of ether oxygens (including phenoxy) is 2. The van der Waals surface area contributed by atoms with Crippen molar-refractivity contribution in [2.24, 2.45) is 0 Å². The topological polar surface area (TPSA) is 42.0 Å². The lowest BCUT2D eigenvalue weighted by molar-refractivity contribution is -0.139. The van der Waals surface area contributed by atoms with Gasteiger partial charge in [-0.25, -0.2) is 0 Å². The Kier molecular flexibility index (Phi) is 7.54. The van der Waals surface area contributed by atoms with Crippen LogP contribution in [0.4, 0.5) is 0 Å². The number of rotatable bonds is 8. The zero-order valence-electron chi connectivity index (χ0n) is 15.6. The molecule has 0 N–H and O–H groups in total. The van der Waals surface area contributed by atoms with Gasteiger partial charge in [0.05, 0.1) is 11.1 Å². The van der Waals surface area contributed by atoms with Crippen LogP contribution in [0, 0.1) is 6.92 Å². The second kappa shape index (κ2) is 9.41. The number of carbonyl (C=O) groups excluding carboxylic acids is 1. The van der Waals surface area contributed by atoms with E-state index in [1.54, 1.807) is 13.0 Å². The Balaban J connectivity index is 2.03. The van der Waals surface area contributed by atoms with Gasteiger partial charge in [0.1, 0.15) is 5.75 Å². The Morgan fingerprint density at radius 2 is 2.16 bits per heavy atom. The van der Waals surface area contributed by atoms with Gasteiger partial charge in [-0.2, -0.15) is 0 Å². The van der Waals surface area contributed by atoms with Crippen LogP contribution in [-0.2, 0) is 9.53 Å². The first-order chi connectivity index (χ1) is 11.9. The van der Waals surface area contributed by atoms with Crippen LogP contribution in [0.1, 0.15) is 25.3 Å². The molecular weight excluding hydrogens is 340 g/mol. The molecule has 2 atom stereocenters. The van der Waals surface area contributed by atoms with Gasteiger partial charge in [-0.1, -0.05) is 17.7 Å². The Morgan fingerprint density at radius 3 is 2.80 bits per heavy atom. The van der Waals surface area contributed by atoms with E-state index in [0.29, 0.717) is 23.9 Å². The molecule has 1 amide bonds. The summed E-state index contributed by atoms with van der Waals surface area (Å²) < 4.78 is 11.6. The molecule has 1 aromatic rings. The maximum Gasteiger partial charge on any atom is 0.263 e. The molecule has 0 radical (unpaired) electrons. The molecule has 0 saturated carbocycles. The van der Waals surface area contributed by atoms with Crippen LogP contribution in [-0.4, -0.2) is 68.3 Å². The van der Waals surface area contributed by atoms with Gasteiger partial charge < -0.3 is 19.3 Å². The number of hydrogen-bond acceptors (Lipinski definition) is 4. The molecule has 2 rings (SSSR count). The van der Waals surface area contributed by atoms with Crippen molar-refractivity contribution in [2.45, 2.75) is 38.9 Å². The summed E-state index contributed by atoms with van der Waals surface area (Å²) in [5.74, 6) is 0.516. The molecule has 25 heavy (non-hydrogen) atoms. The normalized spacial score (nSPS) is 18.4. The van der Waals surface area contributed by atoms with Gasteiger partial charge in [0.2, 0.25) is 0 Å². The van der Waals surface area contributed by atoms with E-state index in [1.165, 1.54) is 0 Å². The molecule has 5 nitrogen and oxygen atoms in total. The van der Waals surface area contributed by atoms with Crippen molar-refractivity contribution in [3.8, 4) is 5.75 Å². The Labute approximate surface area is 155 Å². The number of amides is 1. The minimum atomic E-state index is -0.595. The molecule has 6 heteroatoms. The summed E-state index contributed by atoms with van der Waals surface area (Å²) in [5, 5.41) is 0.518. The van der Waals surface area contributed by atoms with E-state index in [1.807, 2.05) is 38.1 Å². The fourth-order valence-electron chi connectivity index (χ4n) is 2.85. The standard InChI is InChI=1S/C19H29ClN2O3/c1-14-7-8-17(20)18(12-14)25-15(2)19(23)22(10-9-21(3)4)13-16-6-5-11-24-16/h7-8,12,15-16H,5-6,9-11,13H2,1-4H3/t15-,16+/m1/s1. The molecule has 1 aliphatic heterocycles. The van der Waals surface area contributed by atoms with E-state index < -0.39 is 6.10 Å². The van der Waals surface area contributed by atoms with E-state index in [4.69, 9.17) is 21.1 Å². The average Bonchev–Trinajstić information content (AvgIpc) is 3.07. The SMILES string of the molecule is Cc1ccc(Cl)c(O[C@H](C)C(=O)N(CCN(C)C)C[C@@H]2CCCO2)c1. The van der Waals surface area contributed by atoms with Crippen molar-refractivity contribution in [3.63, 3.8) is 0 Å². The summed E-state index contributed by atoms with van der Waals surface area (Å²) in [6.07, 6.45) is 1.60. The van der Waals surface area contributed by atoms with Crippen LogP contribution in [0.2, 0.25) is 5.02 Å². The molecule has 0 bridgehead atoms. The summed E-state index contributed by atoms with van der Waals surface area (Å²) in [6.45, 7) is 6.60. The van der Waals surface area contributed by atoms with Crippen LogP contribution >= 0.6 is 11.6 Å². The minimum Gasteiger partial charge on any atom is -0.479 e. The second-order valence-corrected chi connectivity index (χ2v) is 7.32. The number of benzene rings is 1. The largest absolute Gasteiger partial charge is 0.479 e. The van der Waals surface area contributed by atoms with E-state index in [-0.39, 0.29) is 12.0 Å². The Bertz CT molecular complexity index is 574. The first-order valence-electron chi connectivity index (χ1n) is 8.84. The van der Waals surface area contributed by atoms with E-state index in [9.17, 15) is 4.79 Å². The van der Waals surface area contributed by atoms with Gasteiger partial charge in [0.15, 0.2) is 6.10 Å². The Hall–Kier alpha value is -1.30. The molecule has 0 unspecified atom stereocenters. The summed E-state index contributed by atoms with van der Waals surface area (Å²) in [5.41, 5.74) is 1.04. The number of aryl methyl sites for hydroxylation is 1. The van der Waals surface area contributed by atoms with Crippen LogP contribution in [0.3, 0.4) is 0 Å². The smallest absolute Gasteiger partial charge is 0.263 e. The number of halogens is 1. The van der Waals surface area contributed by atoms with E-state index in [2.05, 4.69) is 4.90 Å². The molecule has 1 aliphatic rings. The summed E-state index contributed by atoms with van der Waals surface area (Å²) in [4.78, 5) is 16.8. The maximum absolute atomic E-state index is 12.9. The molecule has 1 saturated heterocycles. The summed E-state index contributed by atoms with van der Waals surface area (Å²) >= 11 is 6.19. The third kappa shape index (κ3) is 6.17. The quantitative estimate of drug-likeness (QED) is 0.707. The number of nitrogens with zero attached hydrogens (tertiary/aromatic N) is 2. The van der Waals surface area contributed by atoms with Gasteiger partial charge in [0.25, 0.3) is 5.91 Å². The molecule has 140 valence electrons. The number of carbonyl (C=O) groups is 1. The minimum absolute atomic E-state index is 0.0325. The van der Waals surface area contributed by atoms with Gasteiger partial charge in [-0.05, 0) is 58.5 Å². The second-order valence-electron chi connectivity index (χ2n) is 6.92. The fourth-order valence-corrected chi connectivity index (χ4v) is 3.01. The molecule has 1 heterocycles. The van der Waals surface area contributed by atoms with Crippen molar-refractivity contribution in [2.75, 3.05) is 40.3 Å². The first-order valence-corrected chi connectivity index (χ1v) is 9.22. The third-order valence-electron chi connectivity index (χ3n) is 4.32. The first kappa shape index (κ1) is 20.0. The van der Waals surface area contributed by atoms with Crippen molar-refractivity contribution in [1.29, 1.82) is 0 Å². The third-order valence-corrected chi connectivity index (χ3v) is 4.63. The van der Waals surface area contributed by atoms with Crippen molar-refractivity contribution in [3.05, 3.63) is 28.8 Å². The van der Waals surface area contributed by atoms with Crippen LogP contribution < -0.4 is 4.74 Å². The summed E-state index contributed by atoms with van der Waals surface area (Å²) in [7, 11) is 4.00. The molecular formula is C19H29ClN2O3. The van der Waals surface area contributed by atoms with Gasteiger partial charge >= 0.3 is 0 Å². The molecule has 1 aromatic carbocycles. The van der Waals surface area contributed by atoms with Gasteiger partial charge in [-0.15, -0.1) is 0 Å². The lowest BCUT2D eigenvalue weighted by Gasteiger charge is -2.29. The maximum atomic E-state index is 12.9. The van der Waals surface area contributed by atoms with Crippen LogP contribution in [0.15, 0.2) is 18.2 Å².